The number of amides is 2. The Bertz CT molecular complexity index is 1140. The monoisotopic (exact) mass is 547 g/mol. The smallest absolute Gasteiger partial charge is 0.244 e. The average Bonchev–Trinajstić information content (AvgIpc) is 2.76. The van der Waals surface area contributed by atoms with Crippen molar-refractivity contribution < 1.29 is 18.0 Å². The van der Waals surface area contributed by atoms with E-state index in [2.05, 4.69) is 5.32 Å². The SMILES string of the molecule is CCC(C)NC(=O)C(C)N(Cc1ccc(Cl)cc1Cl)C(=O)CN(c1ccccc1Cl)S(C)(=O)=O. The third-order valence-corrected chi connectivity index (χ3v) is 7.36. The molecular formula is C23H28Cl3N3O4S. The summed E-state index contributed by atoms with van der Waals surface area (Å²) in [6.45, 7) is 4.80. The third-order valence-electron chi connectivity index (χ3n) is 5.32. The van der Waals surface area contributed by atoms with Gasteiger partial charge in [0.25, 0.3) is 0 Å². The molecule has 2 rings (SSSR count). The Hall–Kier alpha value is -2.00. The number of hydrogen-bond donors (Lipinski definition) is 1. The summed E-state index contributed by atoms with van der Waals surface area (Å²) in [7, 11) is -3.87. The van der Waals surface area contributed by atoms with Gasteiger partial charge < -0.3 is 10.2 Å². The minimum absolute atomic E-state index is 0.0238. The van der Waals surface area contributed by atoms with Crippen LogP contribution in [0.4, 0.5) is 5.69 Å². The maximum Gasteiger partial charge on any atom is 0.244 e. The van der Waals surface area contributed by atoms with Gasteiger partial charge >= 0.3 is 0 Å². The van der Waals surface area contributed by atoms with Gasteiger partial charge in [-0.15, -0.1) is 0 Å². The van der Waals surface area contributed by atoms with E-state index >= 15 is 0 Å². The van der Waals surface area contributed by atoms with E-state index in [0.717, 1.165) is 10.6 Å². The summed E-state index contributed by atoms with van der Waals surface area (Å²) in [6.07, 6.45) is 1.70. The second-order valence-corrected chi connectivity index (χ2v) is 11.1. The molecule has 0 radical (unpaired) electrons. The highest BCUT2D eigenvalue weighted by Gasteiger charge is 2.31. The average molecular weight is 549 g/mol. The second-order valence-electron chi connectivity index (χ2n) is 7.97. The van der Waals surface area contributed by atoms with E-state index in [0.29, 0.717) is 22.0 Å². The Kier molecular flexibility index (Phi) is 10.1. The first kappa shape index (κ1) is 28.2. The number of benzene rings is 2. The number of carbonyl (C=O) groups is 2. The lowest BCUT2D eigenvalue weighted by Gasteiger charge is -2.32. The van der Waals surface area contributed by atoms with Crippen molar-refractivity contribution in [2.75, 3.05) is 17.1 Å². The predicted octanol–water partition coefficient (Wildman–Crippen LogP) is 4.74. The minimum atomic E-state index is -3.87. The molecule has 0 spiro atoms. The molecule has 2 aromatic carbocycles. The topological polar surface area (TPSA) is 86.8 Å². The van der Waals surface area contributed by atoms with Crippen molar-refractivity contribution in [3.8, 4) is 0 Å². The van der Waals surface area contributed by atoms with Crippen molar-refractivity contribution in [3.05, 3.63) is 63.1 Å². The molecule has 2 aromatic rings. The summed E-state index contributed by atoms with van der Waals surface area (Å²) in [5.74, 6) is -0.959. The van der Waals surface area contributed by atoms with Crippen LogP contribution in [0.5, 0.6) is 0 Å². The van der Waals surface area contributed by atoms with Crippen LogP contribution in [-0.2, 0) is 26.2 Å². The number of nitrogens with zero attached hydrogens (tertiary/aromatic N) is 2. The van der Waals surface area contributed by atoms with Gasteiger partial charge in [0.2, 0.25) is 21.8 Å². The number of sulfonamides is 1. The first-order chi connectivity index (χ1) is 15.8. The van der Waals surface area contributed by atoms with E-state index in [9.17, 15) is 18.0 Å². The molecule has 0 aromatic heterocycles. The van der Waals surface area contributed by atoms with Crippen LogP contribution in [0.3, 0.4) is 0 Å². The molecular weight excluding hydrogens is 521 g/mol. The van der Waals surface area contributed by atoms with E-state index in [4.69, 9.17) is 34.8 Å². The molecule has 7 nitrogen and oxygen atoms in total. The highest BCUT2D eigenvalue weighted by Crippen LogP contribution is 2.28. The highest BCUT2D eigenvalue weighted by atomic mass is 35.5. The first-order valence-corrected chi connectivity index (χ1v) is 13.6. The number of anilines is 1. The van der Waals surface area contributed by atoms with Crippen molar-refractivity contribution in [1.82, 2.24) is 10.2 Å². The van der Waals surface area contributed by atoms with E-state index < -0.39 is 28.5 Å². The molecule has 0 aliphatic rings. The zero-order valence-corrected chi connectivity index (χ0v) is 22.5. The summed E-state index contributed by atoms with van der Waals surface area (Å²) in [4.78, 5) is 27.7. The summed E-state index contributed by atoms with van der Waals surface area (Å²) in [5.41, 5.74) is 0.729. The summed E-state index contributed by atoms with van der Waals surface area (Å²) in [6, 6.07) is 10.2. The van der Waals surface area contributed by atoms with Gasteiger partial charge in [0.15, 0.2) is 0 Å². The van der Waals surface area contributed by atoms with Crippen LogP contribution in [0.1, 0.15) is 32.8 Å². The molecule has 0 aliphatic carbocycles. The third kappa shape index (κ3) is 7.50. The lowest BCUT2D eigenvalue weighted by molar-refractivity contribution is -0.139. The van der Waals surface area contributed by atoms with Crippen molar-refractivity contribution in [1.29, 1.82) is 0 Å². The van der Waals surface area contributed by atoms with E-state index in [1.807, 2.05) is 13.8 Å². The van der Waals surface area contributed by atoms with Gasteiger partial charge in [0, 0.05) is 22.6 Å². The number of rotatable bonds is 10. The lowest BCUT2D eigenvalue weighted by atomic mass is 10.1. The zero-order valence-electron chi connectivity index (χ0n) is 19.4. The van der Waals surface area contributed by atoms with Gasteiger partial charge in [-0.1, -0.05) is 59.9 Å². The molecule has 0 fully saturated rings. The van der Waals surface area contributed by atoms with Crippen molar-refractivity contribution in [2.45, 2.75) is 45.8 Å². The molecule has 0 bridgehead atoms. The fraction of sp³-hybridized carbons (Fsp3) is 0.391. The van der Waals surface area contributed by atoms with Crippen LogP contribution >= 0.6 is 34.8 Å². The molecule has 0 heterocycles. The Morgan fingerprint density at radius 2 is 1.68 bits per heavy atom. The number of nitrogens with one attached hydrogen (secondary N) is 1. The van der Waals surface area contributed by atoms with Gasteiger partial charge in [-0.2, -0.15) is 0 Å². The maximum atomic E-state index is 13.5. The normalized spacial score (nSPS) is 13.1. The Morgan fingerprint density at radius 3 is 2.24 bits per heavy atom. The second kappa shape index (κ2) is 12.1. The van der Waals surface area contributed by atoms with Gasteiger partial charge in [0.05, 0.1) is 17.0 Å². The van der Waals surface area contributed by atoms with Crippen molar-refractivity contribution in [2.24, 2.45) is 0 Å². The Labute approximate surface area is 216 Å². The Balaban J connectivity index is 2.43. The number of hydrogen-bond acceptors (Lipinski definition) is 4. The number of para-hydroxylation sites is 1. The summed E-state index contributed by atoms with van der Waals surface area (Å²) in [5, 5.41) is 3.79. The van der Waals surface area contributed by atoms with Crippen molar-refractivity contribution in [3.63, 3.8) is 0 Å². The largest absolute Gasteiger partial charge is 0.352 e. The van der Waals surface area contributed by atoms with Gasteiger partial charge in [0.1, 0.15) is 12.6 Å². The minimum Gasteiger partial charge on any atom is -0.352 e. The molecule has 186 valence electrons. The summed E-state index contributed by atoms with van der Waals surface area (Å²) >= 11 is 18.5. The fourth-order valence-electron chi connectivity index (χ4n) is 3.13. The van der Waals surface area contributed by atoms with Gasteiger partial charge in [-0.05, 0) is 50.1 Å². The van der Waals surface area contributed by atoms with Crippen LogP contribution in [0.25, 0.3) is 0 Å². The van der Waals surface area contributed by atoms with Gasteiger partial charge in [-0.25, -0.2) is 8.42 Å². The van der Waals surface area contributed by atoms with Gasteiger partial charge in [-0.3, -0.25) is 13.9 Å². The maximum absolute atomic E-state index is 13.5. The zero-order chi connectivity index (χ0) is 25.6. The van der Waals surface area contributed by atoms with Crippen LogP contribution in [0.15, 0.2) is 42.5 Å². The molecule has 2 unspecified atom stereocenters. The predicted molar refractivity (Wildman–Crippen MR) is 138 cm³/mol. The standard InChI is InChI=1S/C23H28Cl3N3O4S/c1-5-15(2)27-23(31)16(3)28(13-17-10-11-18(24)12-20(17)26)22(30)14-29(34(4,32)33)21-9-7-6-8-19(21)25/h6-12,15-16H,5,13-14H2,1-4H3,(H,27,31). The molecule has 1 N–H and O–H groups in total. The fourth-order valence-corrected chi connectivity index (χ4v) is 4.75. The number of carbonyl (C=O) groups excluding carboxylic acids is 2. The lowest BCUT2D eigenvalue weighted by Crippen LogP contribution is -2.52. The van der Waals surface area contributed by atoms with Crippen molar-refractivity contribution >= 4 is 62.3 Å². The quantitative estimate of drug-likeness (QED) is 0.464. The van der Waals surface area contributed by atoms with E-state index in [1.54, 1.807) is 31.2 Å². The van der Waals surface area contributed by atoms with Crippen LogP contribution < -0.4 is 9.62 Å². The molecule has 0 aliphatic heterocycles. The summed E-state index contributed by atoms with van der Waals surface area (Å²) < 4.78 is 26.0. The molecule has 34 heavy (non-hydrogen) atoms. The number of halogens is 3. The van der Waals surface area contributed by atoms with E-state index in [-0.39, 0.29) is 29.2 Å². The van der Waals surface area contributed by atoms with Crippen LogP contribution in [-0.4, -0.2) is 50.0 Å². The molecule has 0 saturated carbocycles. The first-order valence-electron chi connectivity index (χ1n) is 10.6. The molecule has 2 amide bonds. The Morgan fingerprint density at radius 1 is 1.03 bits per heavy atom. The highest BCUT2D eigenvalue weighted by molar-refractivity contribution is 7.92. The van der Waals surface area contributed by atoms with E-state index in [1.165, 1.54) is 23.1 Å². The van der Waals surface area contributed by atoms with Crippen LogP contribution in [0, 0.1) is 0 Å². The molecule has 0 saturated heterocycles. The molecule has 2 atom stereocenters. The van der Waals surface area contributed by atoms with Crippen LogP contribution in [0.2, 0.25) is 15.1 Å². The molecule has 11 heteroatoms.